The van der Waals surface area contributed by atoms with Crippen LogP contribution < -0.4 is 4.74 Å². The molecule has 1 rings (SSSR count). The molecule has 0 N–H and O–H groups in total. The number of rotatable bonds is 5. The topological polar surface area (TPSA) is 42.2 Å². The molecule has 1 atom stereocenters. The number of nitrogens with zero attached hydrogens (tertiary/aromatic N) is 1. The number of hydrogen-bond donors (Lipinski definition) is 0. The summed E-state index contributed by atoms with van der Waals surface area (Å²) >= 11 is 0. The zero-order valence-corrected chi connectivity index (χ0v) is 9.06. The second-order valence-corrected chi connectivity index (χ2v) is 3.24. The molecule has 0 radical (unpaired) electrons. The Bertz CT molecular complexity index is 344. The first-order valence-electron chi connectivity index (χ1n) is 4.85. The van der Waals surface area contributed by atoms with Crippen molar-refractivity contribution in [2.75, 3.05) is 14.2 Å². The molecule has 3 nitrogen and oxygen atoms in total. The van der Waals surface area contributed by atoms with Crippen LogP contribution in [0, 0.1) is 11.3 Å². The van der Waals surface area contributed by atoms with Crippen molar-refractivity contribution in [2.45, 2.75) is 18.9 Å². The van der Waals surface area contributed by atoms with Crippen molar-refractivity contribution in [3.8, 4) is 11.8 Å². The van der Waals surface area contributed by atoms with E-state index >= 15 is 0 Å². The molecule has 0 aromatic heterocycles. The fourth-order valence-electron chi connectivity index (χ4n) is 1.36. The molecular formula is C12H15NO2. The standard InChI is InChI=1S/C12H15NO2/c1-14-11-5-3-4-10(8-11)6-7-12(9-13)15-2/h3-5,8,12H,6-7H2,1-2H3. The van der Waals surface area contributed by atoms with E-state index in [2.05, 4.69) is 6.07 Å². The largest absolute Gasteiger partial charge is 0.497 e. The van der Waals surface area contributed by atoms with E-state index in [0.29, 0.717) is 6.42 Å². The van der Waals surface area contributed by atoms with E-state index in [9.17, 15) is 0 Å². The predicted octanol–water partition coefficient (Wildman–Crippen LogP) is 2.17. The molecule has 15 heavy (non-hydrogen) atoms. The van der Waals surface area contributed by atoms with Crippen molar-refractivity contribution in [2.24, 2.45) is 0 Å². The predicted molar refractivity (Wildman–Crippen MR) is 57.7 cm³/mol. The third-order valence-corrected chi connectivity index (χ3v) is 2.26. The van der Waals surface area contributed by atoms with E-state index in [1.807, 2.05) is 24.3 Å². The summed E-state index contributed by atoms with van der Waals surface area (Å²) in [6.45, 7) is 0. The highest BCUT2D eigenvalue weighted by Gasteiger charge is 2.05. The molecule has 1 aromatic carbocycles. The molecule has 0 aliphatic carbocycles. The normalized spacial score (nSPS) is 11.8. The summed E-state index contributed by atoms with van der Waals surface area (Å²) < 4.78 is 10.1. The minimum absolute atomic E-state index is 0.323. The number of methoxy groups -OCH3 is 2. The molecule has 0 saturated carbocycles. The molecule has 0 saturated heterocycles. The van der Waals surface area contributed by atoms with Gasteiger partial charge in [-0.25, -0.2) is 0 Å². The summed E-state index contributed by atoms with van der Waals surface area (Å²) in [5, 5.41) is 8.71. The zero-order valence-electron chi connectivity index (χ0n) is 9.06. The van der Waals surface area contributed by atoms with E-state index in [1.165, 1.54) is 0 Å². The van der Waals surface area contributed by atoms with Crippen LogP contribution in [-0.4, -0.2) is 20.3 Å². The monoisotopic (exact) mass is 205 g/mol. The Morgan fingerprint density at radius 3 is 2.80 bits per heavy atom. The maximum atomic E-state index is 8.71. The zero-order chi connectivity index (χ0) is 11.1. The average Bonchev–Trinajstić information content (AvgIpc) is 2.31. The maximum Gasteiger partial charge on any atom is 0.143 e. The minimum Gasteiger partial charge on any atom is -0.497 e. The number of aryl methyl sites for hydroxylation is 1. The molecule has 3 heteroatoms. The number of nitriles is 1. The van der Waals surface area contributed by atoms with Gasteiger partial charge < -0.3 is 9.47 Å². The Hall–Kier alpha value is -1.53. The molecule has 0 heterocycles. The number of hydrogen-bond acceptors (Lipinski definition) is 3. The van der Waals surface area contributed by atoms with Crippen LogP contribution in [0.3, 0.4) is 0 Å². The van der Waals surface area contributed by atoms with Gasteiger partial charge in [0.15, 0.2) is 0 Å². The Kier molecular flexibility index (Phi) is 4.65. The van der Waals surface area contributed by atoms with E-state index in [1.54, 1.807) is 14.2 Å². The third kappa shape index (κ3) is 3.61. The molecule has 80 valence electrons. The van der Waals surface area contributed by atoms with Gasteiger partial charge >= 0.3 is 0 Å². The van der Waals surface area contributed by atoms with E-state index < -0.39 is 0 Å². The van der Waals surface area contributed by atoms with Gasteiger partial charge in [-0.3, -0.25) is 0 Å². The summed E-state index contributed by atoms with van der Waals surface area (Å²) in [5.41, 5.74) is 1.16. The molecule has 1 unspecified atom stereocenters. The van der Waals surface area contributed by atoms with Gasteiger partial charge in [-0.15, -0.1) is 0 Å². The van der Waals surface area contributed by atoms with Crippen molar-refractivity contribution >= 4 is 0 Å². The third-order valence-electron chi connectivity index (χ3n) is 2.26. The Morgan fingerprint density at radius 1 is 1.40 bits per heavy atom. The summed E-state index contributed by atoms with van der Waals surface area (Å²) in [5.74, 6) is 0.846. The van der Waals surface area contributed by atoms with Crippen molar-refractivity contribution in [1.29, 1.82) is 5.26 Å². The van der Waals surface area contributed by atoms with Gasteiger partial charge in [0.25, 0.3) is 0 Å². The molecular weight excluding hydrogens is 190 g/mol. The lowest BCUT2D eigenvalue weighted by molar-refractivity contribution is 0.139. The lowest BCUT2D eigenvalue weighted by atomic mass is 10.1. The summed E-state index contributed by atoms with van der Waals surface area (Å²) in [7, 11) is 3.20. The molecule has 0 amide bonds. The van der Waals surface area contributed by atoms with Gasteiger partial charge in [-0.1, -0.05) is 12.1 Å². The average molecular weight is 205 g/mol. The highest BCUT2D eigenvalue weighted by molar-refractivity contribution is 5.28. The first kappa shape index (κ1) is 11.5. The van der Waals surface area contributed by atoms with Crippen LogP contribution >= 0.6 is 0 Å². The summed E-state index contributed by atoms with van der Waals surface area (Å²) in [6.07, 6.45) is 1.21. The SMILES string of the molecule is COc1cccc(CCC(C#N)OC)c1. The highest BCUT2D eigenvalue weighted by Crippen LogP contribution is 2.14. The van der Waals surface area contributed by atoms with Crippen LogP contribution in [0.1, 0.15) is 12.0 Å². The second-order valence-electron chi connectivity index (χ2n) is 3.24. The van der Waals surface area contributed by atoms with Crippen molar-refractivity contribution < 1.29 is 9.47 Å². The highest BCUT2D eigenvalue weighted by atomic mass is 16.5. The molecule has 0 aliphatic heterocycles. The van der Waals surface area contributed by atoms with Crippen LogP contribution in [0.5, 0.6) is 5.75 Å². The summed E-state index contributed by atoms with van der Waals surface area (Å²) in [6, 6.07) is 9.94. The van der Waals surface area contributed by atoms with Crippen molar-refractivity contribution in [3.05, 3.63) is 29.8 Å². The lowest BCUT2D eigenvalue weighted by Crippen LogP contribution is -2.08. The quantitative estimate of drug-likeness (QED) is 0.739. The molecule has 1 aromatic rings. The first-order chi connectivity index (χ1) is 7.30. The molecule has 0 bridgehead atoms. The molecule has 0 spiro atoms. The van der Waals surface area contributed by atoms with Crippen LogP contribution in [0.25, 0.3) is 0 Å². The van der Waals surface area contributed by atoms with Crippen LogP contribution in [0.4, 0.5) is 0 Å². The number of ether oxygens (including phenoxy) is 2. The fraction of sp³-hybridized carbons (Fsp3) is 0.417. The molecule has 0 fully saturated rings. The summed E-state index contributed by atoms with van der Waals surface area (Å²) in [4.78, 5) is 0. The van der Waals surface area contributed by atoms with Crippen LogP contribution in [0.2, 0.25) is 0 Å². The van der Waals surface area contributed by atoms with Crippen LogP contribution in [0.15, 0.2) is 24.3 Å². The van der Waals surface area contributed by atoms with Gasteiger partial charge in [0, 0.05) is 7.11 Å². The second kappa shape index (κ2) is 6.05. The van der Waals surface area contributed by atoms with Crippen LogP contribution in [-0.2, 0) is 11.2 Å². The Balaban J connectivity index is 2.54. The Labute approximate surface area is 90.2 Å². The van der Waals surface area contributed by atoms with Gasteiger partial charge in [0.05, 0.1) is 13.2 Å². The lowest BCUT2D eigenvalue weighted by Gasteiger charge is -2.07. The van der Waals surface area contributed by atoms with Crippen molar-refractivity contribution in [1.82, 2.24) is 0 Å². The van der Waals surface area contributed by atoms with Gasteiger partial charge in [0.1, 0.15) is 11.9 Å². The number of benzene rings is 1. The maximum absolute atomic E-state index is 8.71. The van der Waals surface area contributed by atoms with Gasteiger partial charge in [0.2, 0.25) is 0 Å². The van der Waals surface area contributed by atoms with Crippen molar-refractivity contribution in [3.63, 3.8) is 0 Å². The van der Waals surface area contributed by atoms with E-state index in [0.717, 1.165) is 17.7 Å². The van der Waals surface area contributed by atoms with E-state index in [-0.39, 0.29) is 6.10 Å². The first-order valence-corrected chi connectivity index (χ1v) is 4.85. The molecule has 0 aliphatic rings. The van der Waals surface area contributed by atoms with Gasteiger partial charge in [-0.05, 0) is 30.5 Å². The minimum atomic E-state index is -0.323. The Morgan fingerprint density at radius 2 is 2.20 bits per heavy atom. The van der Waals surface area contributed by atoms with Gasteiger partial charge in [-0.2, -0.15) is 5.26 Å². The smallest absolute Gasteiger partial charge is 0.143 e. The fourth-order valence-corrected chi connectivity index (χ4v) is 1.36. The van der Waals surface area contributed by atoms with E-state index in [4.69, 9.17) is 14.7 Å².